The van der Waals surface area contributed by atoms with Crippen molar-refractivity contribution in [2.45, 2.75) is 44.9 Å². The second-order valence-electron chi connectivity index (χ2n) is 11.1. The van der Waals surface area contributed by atoms with Crippen molar-refractivity contribution in [1.29, 1.82) is 0 Å². The molecule has 7 nitrogen and oxygen atoms in total. The number of halogens is 2. The van der Waals surface area contributed by atoms with Gasteiger partial charge >= 0.3 is 5.97 Å². The molecule has 0 bridgehead atoms. The monoisotopic (exact) mass is 602 g/mol. The molecular weight excluding hydrogens is 566 g/mol. The molecule has 4 aromatic rings. The summed E-state index contributed by atoms with van der Waals surface area (Å²) in [6.07, 6.45) is 0.507. The van der Waals surface area contributed by atoms with Gasteiger partial charge in [-0.05, 0) is 65.9 Å². The van der Waals surface area contributed by atoms with Crippen LogP contribution in [0.5, 0.6) is 11.5 Å². The summed E-state index contributed by atoms with van der Waals surface area (Å²) < 4.78 is 40.3. The molecule has 0 aromatic heterocycles. The van der Waals surface area contributed by atoms with Gasteiger partial charge in [-0.25, -0.2) is 13.6 Å². The van der Waals surface area contributed by atoms with E-state index in [9.17, 15) is 23.5 Å². The fourth-order valence-electron chi connectivity index (χ4n) is 6.12. The van der Waals surface area contributed by atoms with Crippen molar-refractivity contribution in [3.8, 4) is 22.6 Å². The van der Waals surface area contributed by atoms with Crippen LogP contribution >= 0.6 is 0 Å². The third-order valence-electron chi connectivity index (χ3n) is 8.23. The lowest BCUT2D eigenvalue weighted by atomic mass is 9.91. The second kappa shape index (κ2) is 13.4. The maximum Gasteiger partial charge on any atom is 0.326 e. The number of amides is 1. The molecule has 0 saturated carbocycles. The highest BCUT2D eigenvalue weighted by Gasteiger charge is 2.26. The van der Waals surface area contributed by atoms with E-state index in [1.165, 1.54) is 12.1 Å². The fraction of sp³-hybridized carbons (Fsp3) is 0.314. The van der Waals surface area contributed by atoms with Crippen molar-refractivity contribution in [2.75, 3.05) is 27.3 Å². The summed E-state index contributed by atoms with van der Waals surface area (Å²) in [6.45, 7) is 3.31. The number of likely N-dealkylation sites (tertiary alicyclic amines) is 1. The number of aliphatic carboxylic acids is 1. The summed E-state index contributed by atoms with van der Waals surface area (Å²) >= 11 is 0. The van der Waals surface area contributed by atoms with E-state index in [-0.39, 0.29) is 12.0 Å². The first-order valence-electron chi connectivity index (χ1n) is 14.6. The van der Waals surface area contributed by atoms with Gasteiger partial charge in [0.05, 0.1) is 25.3 Å². The molecule has 1 aliphatic heterocycles. The highest BCUT2D eigenvalue weighted by atomic mass is 19.1. The summed E-state index contributed by atoms with van der Waals surface area (Å²) in [5.41, 5.74) is 3.39. The largest absolute Gasteiger partial charge is 0.496 e. The van der Waals surface area contributed by atoms with Crippen LogP contribution in [0.15, 0.2) is 66.7 Å². The van der Waals surface area contributed by atoms with E-state index in [4.69, 9.17) is 9.47 Å². The Morgan fingerprint density at radius 1 is 1.00 bits per heavy atom. The van der Waals surface area contributed by atoms with Gasteiger partial charge in [0, 0.05) is 25.1 Å². The minimum Gasteiger partial charge on any atom is -0.496 e. The number of hydrogen-bond acceptors (Lipinski definition) is 5. The standard InChI is InChI=1S/C35H36F2N2O5/c1-21-8-4-14-28(37)31(21)34(40)38-29(35(41)42)18-22-9-5-12-26-25(22)11-6-13-27(26)32-30(43-2)16-15-23(33(32)44-3)19-39-17-7-10-24(36)20-39/h4-6,8-9,11-16,24,29H,7,10,17-20H2,1-3H3,(H,38,40)(H,41,42)/t24-,29-/m0/s1. The van der Waals surface area contributed by atoms with E-state index in [1.807, 2.05) is 48.5 Å². The number of carbonyl (C=O) groups is 2. The summed E-state index contributed by atoms with van der Waals surface area (Å²) in [5.74, 6) is -1.50. The molecule has 1 fully saturated rings. The van der Waals surface area contributed by atoms with Crippen molar-refractivity contribution >= 4 is 22.6 Å². The molecule has 1 saturated heterocycles. The van der Waals surface area contributed by atoms with Crippen LogP contribution in [-0.4, -0.2) is 61.4 Å². The van der Waals surface area contributed by atoms with E-state index in [2.05, 4.69) is 10.2 Å². The van der Waals surface area contributed by atoms with Crippen LogP contribution in [0.3, 0.4) is 0 Å². The zero-order chi connectivity index (χ0) is 31.4. The third-order valence-corrected chi connectivity index (χ3v) is 8.23. The number of rotatable bonds is 10. The predicted octanol–water partition coefficient (Wildman–Crippen LogP) is 6.33. The number of carboxylic acids is 1. The highest BCUT2D eigenvalue weighted by Crippen LogP contribution is 2.44. The number of nitrogens with zero attached hydrogens (tertiary/aromatic N) is 1. The molecule has 0 spiro atoms. The molecule has 0 radical (unpaired) electrons. The molecule has 0 unspecified atom stereocenters. The molecule has 2 atom stereocenters. The van der Waals surface area contributed by atoms with Crippen molar-refractivity contribution in [2.24, 2.45) is 0 Å². The van der Waals surface area contributed by atoms with Gasteiger partial charge in [0.25, 0.3) is 5.91 Å². The molecule has 44 heavy (non-hydrogen) atoms. The molecule has 5 rings (SSSR count). The zero-order valence-corrected chi connectivity index (χ0v) is 25.0. The number of methoxy groups -OCH3 is 2. The molecule has 9 heteroatoms. The van der Waals surface area contributed by atoms with Crippen LogP contribution in [-0.2, 0) is 17.8 Å². The number of aryl methyl sites for hydroxylation is 1. The quantitative estimate of drug-likeness (QED) is 0.221. The van der Waals surface area contributed by atoms with E-state index in [1.54, 1.807) is 27.2 Å². The first-order valence-corrected chi connectivity index (χ1v) is 14.6. The number of hydrogen-bond donors (Lipinski definition) is 2. The number of carbonyl (C=O) groups excluding carboxylic acids is 1. The molecule has 1 amide bonds. The zero-order valence-electron chi connectivity index (χ0n) is 25.0. The Balaban J connectivity index is 1.53. The van der Waals surface area contributed by atoms with Crippen molar-refractivity contribution in [1.82, 2.24) is 10.2 Å². The van der Waals surface area contributed by atoms with E-state index < -0.39 is 29.9 Å². The van der Waals surface area contributed by atoms with Gasteiger partial charge < -0.3 is 19.9 Å². The Bertz CT molecular complexity index is 1670. The highest BCUT2D eigenvalue weighted by molar-refractivity contribution is 6.02. The number of carboxylic acid groups (broad SMARTS) is 1. The number of ether oxygens (including phenoxy) is 2. The van der Waals surface area contributed by atoms with Gasteiger partial charge in [0.15, 0.2) is 0 Å². The maximum absolute atomic E-state index is 14.4. The van der Waals surface area contributed by atoms with Crippen LogP contribution in [0.25, 0.3) is 21.9 Å². The number of benzene rings is 4. The van der Waals surface area contributed by atoms with Crippen LogP contribution in [0, 0.1) is 12.7 Å². The van der Waals surface area contributed by atoms with Gasteiger partial charge in [0.2, 0.25) is 0 Å². The summed E-state index contributed by atoms with van der Waals surface area (Å²) in [4.78, 5) is 27.3. The van der Waals surface area contributed by atoms with Gasteiger partial charge in [0.1, 0.15) is 29.5 Å². The van der Waals surface area contributed by atoms with E-state index in [0.29, 0.717) is 42.1 Å². The van der Waals surface area contributed by atoms with Crippen LogP contribution in [0.4, 0.5) is 8.78 Å². The average molecular weight is 603 g/mol. The van der Waals surface area contributed by atoms with Gasteiger partial charge in [-0.15, -0.1) is 0 Å². The first kappa shape index (κ1) is 30.9. The lowest BCUT2D eigenvalue weighted by Gasteiger charge is -2.30. The smallest absolute Gasteiger partial charge is 0.326 e. The van der Waals surface area contributed by atoms with Gasteiger partial charge in [-0.2, -0.15) is 0 Å². The van der Waals surface area contributed by atoms with E-state index >= 15 is 0 Å². The van der Waals surface area contributed by atoms with Crippen molar-refractivity contribution < 1.29 is 33.0 Å². The van der Waals surface area contributed by atoms with Crippen LogP contribution in [0.2, 0.25) is 0 Å². The lowest BCUT2D eigenvalue weighted by Crippen LogP contribution is -2.42. The average Bonchev–Trinajstić information content (AvgIpc) is 3.00. The Morgan fingerprint density at radius 2 is 1.75 bits per heavy atom. The Labute approximate surface area is 255 Å². The Hall–Kier alpha value is -4.50. The molecule has 2 N–H and O–H groups in total. The summed E-state index contributed by atoms with van der Waals surface area (Å²) in [5, 5.41) is 14.2. The van der Waals surface area contributed by atoms with Crippen LogP contribution < -0.4 is 14.8 Å². The first-order chi connectivity index (χ1) is 21.2. The SMILES string of the molecule is COc1ccc(CN2CCC[C@H](F)C2)c(OC)c1-c1cccc2c(C[C@H](NC(=O)c3c(C)cccc3F)C(=O)O)cccc12. The molecule has 230 valence electrons. The third kappa shape index (κ3) is 6.38. The molecule has 0 aliphatic carbocycles. The minimum absolute atomic E-state index is 0.0248. The Kier molecular flexibility index (Phi) is 9.44. The topological polar surface area (TPSA) is 88.1 Å². The molecule has 4 aromatic carbocycles. The molecule has 1 aliphatic rings. The van der Waals surface area contributed by atoms with E-state index in [0.717, 1.165) is 40.4 Å². The molecular formula is C35H36F2N2O5. The Morgan fingerprint density at radius 3 is 2.45 bits per heavy atom. The number of nitrogens with one attached hydrogen (secondary N) is 1. The summed E-state index contributed by atoms with van der Waals surface area (Å²) in [7, 11) is 3.19. The van der Waals surface area contributed by atoms with Crippen molar-refractivity contribution in [3.63, 3.8) is 0 Å². The lowest BCUT2D eigenvalue weighted by molar-refractivity contribution is -0.139. The van der Waals surface area contributed by atoms with Gasteiger partial charge in [-0.1, -0.05) is 54.6 Å². The maximum atomic E-state index is 14.4. The molecule has 1 heterocycles. The van der Waals surface area contributed by atoms with Gasteiger partial charge in [-0.3, -0.25) is 9.69 Å². The normalized spacial score (nSPS) is 16.0. The van der Waals surface area contributed by atoms with Crippen molar-refractivity contribution in [3.05, 3.63) is 94.8 Å². The second-order valence-corrected chi connectivity index (χ2v) is 11.1. The predicted molar refractivity (Wildman–Crippen MR) is 166 cm³/mol. The fourth-order valence-corrected chi connectivity index (χ4v) is 6.12. The van der Waals surface area contributed by atoms with Crippen LogP contribution in [0.1, 0.15) is 39.9 Å². The minimum atomic E-state index is -1.30. The number of fused-ring (bicyclic) bond motifs is 1. The number of piperidine rings is 1. The summed E-state index contributed by atoms with van der Waals surface area (Å²) in [6, 6.07) is 18.1. The number of alkyl halides is 1.